The molecule has 1 aromatic carbocycles. The molecule has 3 unspecified atom stereocenters. The maximum Gasteiger partial charge on any atom is 0.410 e. The summed E-state index contributed by atoms with van der Waals surface area (Å²) in [7, 11) is 0. The van der Waals surface area contributed by atoms with Crippen molar-refractivity contribution in [3.05, 3.63) is 46.8 Å². The van der Waals surface area contributed by atoms with E-state index in [-0.39, 0.29) is 24.0 Å². The molecule has 0 bridgehead atoms. The molecule has 2 N–H and O–H groups in total. The lowest BCUT2D eigenvalue weighted by Gasteiger charge is -2.40. The first-order valence-electron chi connectivity index (χ1n) is 11.6. The number of nitriles is 1. The highest BCUT2D eigenvalue weighted by atomic mass is 16.6. The Morgan fingerprint density at radius 2 is 2.12 bits per heavy atom. The molecule has 3 aliphatic rings. The fourth-order valence-electron chi connectivity index (χ4n) is 5.64. The number of nitrogens with one attached hydrogen (secondary N) is 2. The minimum absolute atomic E-state index is 0.0760. The lowest BCUT2D eigenvalue weighted by molar-refractivity contribution is 0.0185. The van der Waals surface area contributed by atoms with E-state index in [4.69, 9.17) is 9.37 Å². The summed E-state index contributed by atoms with van der Waals surface area (Å²) in [5.74, 6) is 0.524. The van der Waals surface area contributed by atoms with E-state index in [1.807, 2.05) is 36.9 Å². The van der Waals surface area contributed by atoms with Gasteiger partial charge in [0.2, 0.25) is 0 Å². The van der Waals surface area contributed by atoms with E-state index in [2.05, 4.69) is 31.9 Å². The fraction of sp³-hybridized carbons (Fsp3) is 0.458. The minimum atomic E-state index is -0.468. The second-order valence-corrected chi connectivity index (χ2v) is 9.91. The molecule has 2 aromatic heterocycles. The zero-order chi connectivity index (χ0) is 23.4. The van der Waals surface area contributed by atoms with Gasteiger partial charge in [0.25, 0.3) is 0 Å². The first kappa shape index (κ1) is 20.7. The van der Waals surface area contributed by atoms with Crippen LogP contribution in [0.1, 0.15) is 56.6 Å². The van der Waals surface area contributed by atoms with Gasteiger partial charge in [-0.25, -0.2) is 9.42 Å². The van der Waals surface area contributed by atoms with Gasteiger partial charge in [0.15, 0.2) is 0 Å². The lowest BCUT2D eigenvalue weighted by atomic mass is 9.77. The van der Waals surface area contributed by atoms with Crippen molar-refractivity contribution in [2.45, 2.75) is 57.1 Å². The third-order valence-electron chi connectivity index (χ3n) is 7.37. The van der Waals surface area contributed by atoms with Gasteiger partial charge in [0.1, 0.15) is 22.5 Å². The van der Waals surface area contributed by atoms with Crippen LogP contribution in [0, 0.1) is 17.2 Å². The Balaban J connectivity index is 1.41. The van der Waals surface area contributed by atoms with Crippen LogP contribution >= 0.6 is 0 Å². The Labute approximate surface area is 195 Å². The Kier molecular flexibility index (Phi) is 4.62. The number of ether oxygens (including phenoxy) is 1. The molecule has 10 nitrogen and oxygen atoms in total. The van der Waals surface area contributed by atoms with Crippen LogP contribution in [0.3, 0.4) is 0 Å². The number of amides is 1. The molecule has 10 heteroatoms. The molecule has 3 atom stereocenters. The predicted molar refractivity (Wildman–Crippen MR) is 122 cm³/mol. The lowest BCUT2D eigenvalue weighted by Crippen LogP contribution is -2.46. The number of rotatable bonds is 2. The van der Waals surface area contributed by atoms with Crippen molar-refractivity contribution >= 4 is 22.9 Å². The van der Waals surface area contributed by atoms with Gasteiger partial charge in [-0.1, -0.05) is 12.1 Å². The summed E-state index contributed by atoms with van der Waals surface area (Å²) >= 11 is 0. The Bertz CT molecular complexity index is 1350. The third-order valence-corrected chi connectivity index (χ3v) is 7.37. The highest BCUT2D eigenvalue weighted by Crippen LogP contribution is 2.46. The largest absolute Gasteiger partial charge is 0.443 e. The van der Waals surface area contributed by atoms with Gasteiger partial charge >= 0.3 is 6.09 Å². The normalized spacial score (nSPS) is 26.2. The summed E-state index contributed by atoms with van der Waals surface area (Å²) < 4.78 is 10.7. The van der Waals surface area contributed by atoms with E-state index >= 15 is 0 Å². The number of fused-ring (bicyclic) bond motifs is 3. The number of hydrogen-bond acceptors (Lipinski definition) is 8. The molecule has 1 amide bonds. The second kappa shape index (κ2) is 7.58. The number of carbonyl (C=O) groups is 1. The maximum absolute atomic E-state index is 12.7. The minimum Gasteiger partial charge on any atom is -0.443 e. The zero-order valence-corrected chi connectivity index (χ0v) is 19.0. The average molecular weight is 460 g/mol. The quantitative estimate of drug-likeness (QED) is 0.586. The smallest absolute Gasteiger partial charge is 0.410 e. The number of aromatic nitrogens is 4. The van der Waals surface area contributed by atoms with Gasteiger partial charge in [0.05, 0.1) is 23.8 Å². The van der Waals surface area contributed by atoms with Crippen LogP contribution in [0.15, 0.2) is 40.3 Å². The molecule has 3 aromatic rings. The molecule has 174 valence electrons. The molecule has 6 rings (SSSR count). The van der Waals surface area contributed by atoms with Crippen LogP contribution < -0.4 is 5.32 Å². The van der Waals surface area contributed by atoms with E-state index in [1.54, 1.807) is 6.20 Å². The Morgan fingerprint density at radius 3 is 2.97 bits per heavy atom. The van der Waals surface area contributed by atoms with Gasteiger partial charge < -0.3 is 15.0 Å². The molecule has 3 aliphatic heterocycles. The first-order valence-corrected chi connectivity index (χ1v) is 11.6. The molecule has 5 heterocycles. The van der Waals surface area contributed by atoms with E-state index in [0.29, 0.717) is 23.2 Å². The van der Waals surface area contributed by atoms with Crippen LogP contribution in [-0.4, -0.2) is 49.7 Å². The SMILES string of the molecule is CC1(C)CCC2CC(C3=C(C#N)C(c4cccc5nonc45)c4cn[nH]c4N3)CCN2C(=O)O1. The number of aromatic amines is 1. The van der Waals surface area contributed by atoms with Crippen molar-refractivity contribution in [3.8, 4) is 6.07 Å². The van der Waals surface area contributed by atoms with Crippen molar-refractivity contribution in [2.75, 3.05) is 11.9 Å². The fourth-order valence-corrected chi connectivity index (χ4v) is 5.64. The Hall–Kier alpha value is -3.87. The monoisotopic (exact) mass is 459 g/mol. The summed E-state index contributed by atoms with van der Waals surface area (Å²) in [5, 5.41) is 29.2. The van der Waals surface area contributed by atoms with Crippen molar-refractivity contribution in [3.63, 3.8) is 0 Å². The molecule has 34 heavy (non-hydrogen) atoms. The number of hydrogen-bond donors (Lipinski definition) is 2. The van der Waals surface area contributed by atoms with Crippen LogP contribution in [0.4, 0.5) is 10.6 Å². The predicted octanol–water partition coefficient (Wildman–Crippen LogP) is 4.07. The number of anilines is 1. The van der Waals surface area contributed by atoms with Crippen LogP contribution in [0.25, 0.3) is 11.0 Å². The number of piperidine rings is 1. The molecular formula is C24H25N7O3. The van der Waals surface area contributed by atoms with Crippen molar-refractivity contribution in [1.82, 2.24) is 25.4 Å². The highest BCUT2D eigenvalue weighted by Gasteiger charge is 2.42. The van der Waals surface area contributed by atoms with Gasteiger partial charge in [-0.05, 0) is 61.5 Å². The first-order chi connectivity index (χ1) is 16.4. The van der Waals surface area contributed by atoms with Crippen molar-refractivity contribution in [2.24, 2.45) is 5.92 Å². The molecular weight excluding hydrogens is 434 g/mol. The molecule has 0 radical (unpaired) electrons. The zero-order valence-electron chi connectivity index (χ0n) is 19.0. The molecule has 0 aliphatic carbocycles. The van der Waals surface area contributed by atoms with Gasteiger partial charge in [-0.3, -0.25) is 5.10 Å². The Morgan fingerprint density at radius 1 is 1.24 bits per heavy atom. The van der Waals surface area contributed by atoms with Gasteiger partial charge in [0, 0.05) is 29.8 Å². The van der Waals surface area contributed by atoms with Gasteiger partial charge in [-0.15, -0.1) is 0 Å². The molecule has 2 saturated heterocycles. The number of nitrogens with zero attached hydrogens (tertiary/aromatic N) is 5. The standard InChI is InChI=1S/C24H25N7O3/c1-24(2)8-6-14-10-13(7-9-31(14)23(32)33-24)20-16(11-25)19(17-12-26-28-22(17)27-20)15-4-3-5-18-21(15)30-34-29-18/h3-5,12-14,19H,6-10H2,1-2H3,(H2,26,27,28). The van der Waals surface area contributed by atoms with Gasteiger partial charge in [-0.2, -0.15) is 10.4 Å². The number of carbonyl (C=O) groups excluding carboxylic acids is 1. The van der Waals surface area contributed by atoms with E-state index in [1.165, 1.54) is 0 Å². The summed E-state index contributed by atoms with van der Waals surface area (Å²) in [4.78, 5) is 14.6. The summed E-state index contributed by atoms with van der Waals surface area (Å²) in [5.41, 5.74) is 4.07. The van der Waals surface area contributed by atoms with Crippen molar-refractivity contribution in [1.29, 1.82) is 5.26 Å². The molecule has 0 spiro atoms. The topological polar surface area (TPSA) is 133 Å². The second-order valence-electron chi connectivity index (χ2n) is 9.91. The summed E-state index contributed by atoms with van der Waals surface area (Å²) in [6.07, 6.45) is 4.69. The summed E-state index contributed by atoms with van der Waals surface area (Å²) in [6, 6.07) is 8.26. The van der Waals surface area contributed by atoms with E-state index < -0.39 is 5.60 Å². The average Bonchev–Trinajstić information content (AvgIpc) is 3.48. The third kappa shape index (κ3) is 3.22. The van der Waals surface area contributed by atoms with E-state index in [9.17, 15) is 10.1 Å². The number of cyclic esters (lactones) is 1. The van der Waals surface area contributed by atoms with Crippen molar-refractivity contribution < 1.29 is 14.2 Å². The van der Waals surface area contributed by atoms with E-state index in [0.717, 1.165) is 48.3 Å². The molecule has 0 saturated carbocycles. The van der Waals surface area contributed by atoms with Crippen LogP contribution in [-0.2, 0) is 4.74 Å². The summed E-state index contributed by atoms with van der Waals surface area (Å²) in [6.45, 7) is 4.52. The van der Waals surface area contributed by atoms with Crippen LogP contribution in [0.5, 0.6) is 0 Å². The van der Waals surface area contributed by atoms with Crippen LogP contribution in [0.2, 0.25) is 0 Å². The molecule has 2 fully saturated rings. The maximum atomic E-state index is 12.7. The number of benzene rings is 1. The number of H-pyrrole nitrogens is 1. The highest BCUT2D eigenvalue weighted by molar-refractivity contribution is 5.81. The number of allylic oxidation sites excluding steroid dienone is 2.